The lowest BCUT2D eigenvalue weighted by Crippen LogP contribution is -2.35. The second-order valence-corrected chi connectivity index (χ2v) is 7.82. The van der Waals surface area contributed by atoms with Crippen LogP contribution in [0.2, 0.25) is 0 Å². The topological polar surface area (TPSA) is 113 Å². The molecule has 8 nitrogen and oxygen atoms in total. The summed E-state index contributed by atoms with van der Waals surface area (Å²) in [6.45, 7) is 1.22. The molecule has 0 bridgehead atoms. The highest BCUT2D eigenvalue weighted by Crippen LogP contribution is 2.23. The molecule has 1 aromatic heterocycles. The molecule has 2 aromatic carbocycles. The molecule has 1 amide bonds. The van der Waals surface area contributed by atoms with E-state index in [-0.39, 0.29) is 23.1 Å². The molecule has 3 aromatic rings. The first kappa shape index (κ1) is 22.3. The molecule has 1 saturated heterocycles. The number of hydrazone groups is 1. The van der Waals surface area contributed by atoms with Gasteiger partial charge in [-0.25, -0.2) is 4.39 Å². The maximum atomic E-state index is 13.6. The van der Waals surface area contributed by atoms with Crippen LogP contribution < -0.4 is 16.3 Å². The number of nitrogens with zero attached hydrogens (tertiary/aromatic N) is 3. The minimum Gasteiger partial charge on any atom is -0.381 e. The molecule has 0 atom stereocenters. The van der Waals surface area contributed by atoms with Crippen LogP contribution in [0, 0.1) is 11.7 Å². The number of amides is 1. The van der Waals surface area contributed by atoms with Gasteiger partial charge in [0.25, 0.3) is 5.56 Å². The molecular weight excluding hydrogens is 425 g/mol. The number of halogens is 1. The number of carbonyl (C=O) groups is 1. The third kappa shape index (κ3) is 4.98. The predicted octanol–water partition coefficient (Wildman–Crippen LogP) is 3.12. The van der Waals surface area contributed by atoms with Crippen molar-refractivity contribution in [3.8, 4) is 0 Å². The fraction of sp³-hybridized carbons (Fsp3) is 0.250. The number of fused-ring (bicyclic) bond motifs is 1. The van der Waals surface area contributed by atoms with Crippen molar-refractivity contribution in [3.05, 3.63) is 70.3 Å². The van der Waals surface area contributed by atoms with Crippen molar-refractivity contribution in [1.82, 2.24) is 4.98 Å². The Morgan fingerprint density at radius 2 is 1.91 bits per heavy atom. The molecule has 0 radical (unpaired) electrons. The Morgan fingerprint density at radius 3 is 2.61 bits per heavy atom. The van der Waals surface area contributed by atoms with Crippen molar-refractivity contribution in [1.29, 1.82) is 0 Å². The van der Waals surface area contributed by atoms with Gasteiger partial charge < -0.3 is 20.5 Å². The Hall–Kier alpha value is -3.85. The number of hydrogen-bond acceptors (Lipinski definition) is 6. The molecule has 0 saturated carbocycles. The molecule has 2 heterocycles. The Kier molecular flexibility index (Phi) is 6.60. The van der Waals surface area contributed by atoms with E-state index in [1.165, 1.54) is 30.5 Å². The zero-order valence-electron chi connectivity index (χ0n) is 18.1. The summed E-state index contributed by atoms with van der Waals surface area (Å²) in [7, 11) is 1.75. The number of nitrogens with one attached hydrogen (secondary N) is 1. The molecule has 3 N–H and O–H groups in total. The number of benzene rings is 2. The van der Waals surface area contributed by atoms with E-state index in [4.69, 9.17) is 10.6 Å². The van der Waals surface area contributed by atoms with Gasteiger partial charge in [0.15, 0.2) is 0 Å². The van der Waals surface area contributed by atoms with E-state index in [0.29, 0.717) is 29.8 Å². The average molecular weight is 449 g/mol. The molecule has 1 aliphatic heterocycles. The molecule has 0 spiro atoms. The van der Waals surface area contributed by atoms with Crippen LogP contribution in [0.4, 0.5) is 15.8 Å². The van der Waals surface area contributed by atoms with Crippen LogP contribution in [-0.2, 0) is 9.53 Å². The summed E-state index contributed by atoms with van der Waals surface area (Å²) in [6.07, 6.45) is 2.84. The third-order valence-electron chi connectivity index (χ3n) is 5.70. The maximum absolute atomic E-state index is 13.6. The van der Waals surface area contributed by atoms with Gasteiger partial charge in [0.2, 0.25) is 5.91 Å². The van der Waals surface area contributed by atoms with Crippen LogP contribution in [0.15, 0.2) is 63.4 Å². The quantitative estimate of drug-likeness (QED) is 0.354. The smallest absolute Gasteiger partial charge is 0.258 e. The molecule has 0 unspecified atom stereocenters. The van der Waals surface area contributed by atoms with Crippen molar-refractivity contribution in [2.75, 3.05) is 25.2 Å². The van der Waals surface area contributed by atoms with Gasteiger partial charge in [0.05, 0.1) is 17.5 Å². The minimum absolute atomic E-state index is 0.0294. The summed E-state index contributed by atoms with van der Waals surface area (Å²) < 4.78 is 18.9. The first-order valence-electron chi connectivity index (χ1n) is 10.6. The lowest BCUT2D eigenvalue weighted by Gasteiger charge is -2.26. The minimum atomic E-state index is -0.416. The van der Waals surface area contributed by atoms with Crippen molar-refractivity contribution in [2.45, 2.75) is 12.8 Å². The van der Waals surface area contributed by atoms with Gasteiger partial charge in [0.1, 0.15) is 11.5 Å². The monoisotopic (exact) mass is 449 g/mol. The molecule has 9 heteroatoms. The molecule has 1 aliphatic rings. The number of carbonyl (C=O) groups excluding carboxylic acids is 1. The van der Waals surface area contributed by atoms with Crippen molar-refractivity contribution >= 4 is 40.1 Å². The molecule has 1 fully saturated rings. The van der Waals surface area contributed by atoms with E-state index >= 15 is 0 Å². The second kappa shape index (κ2) is 9.74. The first-order valence-corrected chi connectivity index (χ1v) is 10.6. The summed E-state index contributed by atoms with van der Waals surface area (Å²) in [5, 5.41) is 4.19. The largest absolute Gasteiger partial charge is 0.381 e. The van der Waals surface area contributed by atoms with E-state index in [1.54, 1.807) is 36.2 Å². The SMILES string of the molecule is CN(C(=O)C1CCOCC1)c1ccc(N=CC(=NN)c2cc3cc(F)ccc3[nH]c2=O)cc1. The fourth-order valence-corrected chi connectivity index (χ4v) is 3.78. The van der Waals surface area contributed by atoms with Crippen LogP contribution in [0.3, 0.4) is 0 Å². The summed E-state index contributed by atoms with van der Waals surface area (Å²) in [6, 6.07) is 12.7. The highest BCUT2D eigenvalue weighted by Gasteiger charge is 2.25. The fourth-order valence-electron chi connectivity index (χ4n) is 3.78. The van der Waals surface area contributed by atoms with Crippen LogP contribution in [0.5, 0.6) is 0 Å². The van der Waals surface area contributed by atoms with Gasteiger partial charge in [-0.05, 0) is 61.4 Å². The number of rotatable bonds is 5. The van der Waals surface area contributed by atoms with Gasteiger partial charge in [-0.1, -0.05) is 0 Å². The summed E-state index contributed by atoms with van der Waals surface area (Å²) >= 11 is 0. The van der Waals surface area contributed by atoms with Gasteiger partial charge in [-0.3, -0.25) is 14.6 Å². The zero-order chi connectivity index (χ0) is 23.4. The van der Waals surface area contributed by atoms with Crippen LogP contribution in [-0.4, -0.2) is 43.1 Å². The Bertz CT molecular complexity index is 1280. The van der Waals surface area contributed by atoms with Gasteiger partial charge in [0, 0.05) is 42.8 Å². The average Bonchev–Trinajstić information content (AvgIpc) is 2.85. The number of H-pyrrole nitrogens is 1. The molecule has 0 aliphatic carbocycles. The van der Waals surface area contributed by atoms with Gasteiger partial charge in [-0.2, -0.15) is 5.10 Å². The van der Waals surface area contributed by atoms with Crippen LogP contribution in [0.25, 0.3) is 10.9 Å². The first-order chi connectivity index (χ1) is 16.0. The number of anilines is 1. The summed E-state index contributed by atoms with van der Waals surface area (Å²) in [5.41, 5.74) is 1.78. The lowest BCUT2D eigenvalue weighted by atomic mass is 9.98. The van der Waals surface area contributed by atoms with Crippen molar-refractivity contribution in [3.63, 3.8) is 0 Å². The van der Waals surface area contributed by atoms with Crippen LogP contribution in [0.1, 0.15) is 18.4 Å². The Balaban J connectivity index is 1.51. The number of ether oxygens (including phenoxy) is 1. The van der Waals surface area contributed by atoms with Crippen molar-refractivity contribution < 1.29 is 13.9 Å². The molecule has 170 valence electrons. The highest BCUT2D eigenvalue weighted by atomic mass is 19.1. The molecule has 33 heavy (non-hydrogen) atoms. The van der Waals surface area contributed by atoms with E-state index in [9.17, 15) is 14.0 Å². The van der Waals surface area contributed by atoms with Crippen LogP contribution >= 0.6 is 0 Å². The third-order valence-corrected chi connectivity index (χ3v) is 5.70. The number of pyridine rings is 1. The Labute approximate surface area is 189 Å². The van der Waals surface area contributed by atoms with E-state index in [1.807, 2.05) is 0 Å². The van der Waals surface area contributed by atoms with Gasteiger partial charge >= 0.3 is 0 Å². The standard InChI is InChI=1S/C24H24FN5O3/c1-30(24(32)15-8-10-33-11-9-15)19-5-3-18(4-6-19)27-14-22(29-26)20-13-16-12-17(25)2-7-21(16)28-23(20)31/h2-7,12-15H,8-11,26H2,1H3,(H,28,31). The maximum Gasteiger partial charge on any atom is 0.258 e. The number of nitrogens with two attached hydrogens (primary N) is 1. The predicted molar refractivity (Wildman–Crippen MR) is 127 cm³/mol. The summed E-state index contributed by atoms with van der Waals surface area (Å²) in [4.78, 5) is 33.8. The lowest BCUT2D eigenvalue weighted by molar-refractivity contribution is -0.124. The van der Waals surface area contributed by atoms with Crippen molar-refractivity contribution in [2.24, 2.45) is 21.9 Å². The normalized spacial score (nSPS) is 15.3. The van der Waals surface area contributed by atoms with E-state index < -0.39 is 11.4 Å². The number of aromatic amines is 1. The second-order valence-electron chi connectivity index (χ2n) is 7.82. The van der Waals surface area contributed by atoms with E-state index in [0.717, 1.165) is 18.5 Å². The zero-order valence-corrected chi connectivity index (χ0v) is 18.1. The number of hydrogen-bond donors (Lipinski definition) is 2. The van der Waals surface area contributed by atoms with E-state index in [2.05, 4.69) is 15.1 Å². The Morgan fingerprint density at radius 1 is 1.18 bits per heavy atom. The number of aromatic nitrogens is 1. The highest BCUT2D eigenvalue weighted by molar-refractivity contribution is 6.38. The molecule has 4 rings (SSSR count). The molecular formula is C24H24FN5O3. The van der Waals surface area contributed by atoms with Gasteiger partial charge in [-0.15, -0.1) is 0 Å². The summed E-state index contributed by atoms with van der Waals surface area (Å²) in [5.74, 6) is 5.12. The number of aliphatic imine (C=N–C) groups is 1.